The lowest BCUT2D eigenvalue weighted by Crippen LogP contribution is -2.31. The van der Waals surface area contributed by atoms with Gasteiger partial charge in [0.1, 0.15) is 0 Å². The molecule has 0 spiro atoms. The number of hydrogen-bond acceptors (Lipinski definition) is 3. The van der Waals surface area contributed by atoms with Crippen molar-refractivity contribution in [2.75, 3.05) is 13.2 Å². The van der Waals surface area contributed by atoms with Crippen LogP contribution in [0.1, 0.15) is 23.9 Å². The van der Waals surface area contributed by atoms with E-state index in [2.05, 4.69) is 10.4 Å². The van der Waals surface area contributed by atoms with Crippen LogP contribution in [0.3, 0.4) is 0 Å². The van der Waals surface area contributed by atoms with E-state index in [9.17, 15) is 4.79 Å². The van der Waals surface area contributed by atoms with E-state index < -0.39 is 0 Å². The zero-order chi connectivity index (χ0) is 13.0. The summed E-state index contributed by atoms with van der Waals surface area (Å²) in [5.41, 5.74) is 2.91. The lowest BCUT2D eigenvalue weighted by atomic mass is 10.1. The Bertz CT molecular complexity index is 399. The summed E-state index contributed by atoms with van der Waals surface area (Å²) in [5, 5.41) is 15.9. The molecule has 0 fully saturated rings. The summed E-state index contributed by atoms with van der Waals surface area (Å²) in [6.07, 6.45) is 0.351. The van der Waals surface area contributed by atoms with E-state index in [4.69, 9.17) is 5.11 Å². The summed E-state index contributed by atoms with van der Waals surface area (Å²) in [4.78, 5) is 11.7. The van der Waals surface area contributed by atoms with Crippen molar-refractivity contribution in [3.05, 3.63) is 17.0 Å². The van der Waals surface area contributed by atoms with Gasteiger partial charge in [-0.25, -0.2) is 0 Å². The number of aromatic nitrogens is 2. The highest BCUT2D eigenvalue weighted by Crippen LogP contribution is 2.12. The fraction of sp³-hybridized carbons (Fsp3) is 0.667. The lowest BCUT2D eigenvalue weighted by Gasteiger charge is -2.09. The second-order valence-electron chi connectivity index (χ2n) is 4.54. The molecular formula is C12H21N3O2. The SMILES string of the molecule is Cc1nn(C)c(C)c1CC(=O)NCC(C)CO. The van der Waals surface area contributed by atoms with Gasteiger partial charge in [0.05, 0.1) is 12.1 Å². The van der Waals surface area contributed by atoms with Crippen LogP contribution in [-0.2, 0) is 18.3 Å². The standard InChI is InChI=1S/C12H21N3O2/c1-8(7-16)6-13-12(17)5-11-9(2)14-15(4)10(11)3/h8,16H,5-7H2,1-4H3,(H,13,17). The summed E-state index contributed by atoms with van der Waals surface area (Å²) in [5.74, 6) is 0.0690. The average molecular weight is 239 g/mol. The van der Waals surface area contributed by atoms with Crippen LogP contribution in [0.5, 0.6) is 0 Å². The number of hydrogen-bond donors (Lipinski definition) is 2. The first-order valence-corrected chi connectivity index (χ1v) is 5.82. The van der Waals surface area contributed by atoms with Gasteiger partial charge in [-0.15, -0.1) is 0 Å². The van der Waals surface area contributed by atoms with E-state index >= 15 is 0 Å². The van der Waals surface area contributed by atoms with Crippen LogP contribution in [0.25, 0.3) is 0 Å². The van der Waals surface area contributed by atoms with Gasteiger partial charge < -0.3 is 10.4 Å². The van der Waals surface area contributed by atoms with Crippen molar-refractivity contribution in [3.63, 3.8) is 0 Å². The Labute approximate surface area is 102 Å². The van der Waals surface area contributed by atoms with Gasteiger partial charge in [0, 0.05) is 31.5 Å². The average Bonchev–Trinajstić information content (AvgIpc) is 2.53. The second kappa shape index (κ2) is 5.82. The molecule has 0 bridgehead atoms. The predicted octanol–water partition coefficient (Wildman–Crippen LogP) is 0.324. The van der Waals surface area contributed by atoms with Crippen LogP contribution in [0, 0.1) is 19.8 Å². The van der Waals surface area contributed by atoms with Crippen LogP contribution in [0.4, 0.5) is 0 Å². The van der Waals surface area contributed by atoms with Crippen molar-refractivity contribution in [2.45, 2.75) is 27.2 Å². The molecule has 1 unspecified atom stereocenters. The van der Waals surface area contributed by atoms with Gasteiger partial charge in [-0.3, -0.25) is 9.48 Å². The van der Waals surface area contributed by atoms with Crippen LogP contribution < -0.4 is 5.32 Å². The van der Waals surface area contributed by atoms with E-state index in [1.807, 2.05) is 27.8 Å². The molecule has 0 aromatic carbocycles. The van der Waals surface area contributed by atoms with Gasteiger partial charge in [-0.2, -0.15) is 5.10 Å². The highest BCUT2D eigenvalue weighted by molar-refractivity contribution is 5.79. The number of aryl methyl sites for hydroxylation is 2. The first-order chi connectivity index (χ1) is 7.95. The predicted molar refractivity (Wildman–Crippen MR) is 65.6 cm³/mol. The van der Waals surface area contributed by atoms with Crippen molar-refractivity contribution in [2.24, 2.45) is 13.0 Å². The van der Waals surface area contributed by atoms with Gasteiger partial charge in [-0.05, 0) is 19.8 Å². The van der Waals surface area contributed by atoms with Crippen molar-refractivity contribution in [1.29, 1.82) is 0 Å². The van der Waals surface area contributed by atoms with Crippen LogP contribution >= 0.6 is 0 Å². The summed E-state index contributed by atoms with van der Waals surface area (Å²) in [6, 6.07) is 0. The fourth-order valence-corrected chi connectivity index (χ4v) is 1.65. The molecule has 1 aromatic rings. The number of rotatable bonds is 5. The zero-order valence-electron chi connectivity index (χ0n) is 10.9. The highest BCUT2D eigenvalue weighted by Gasteiger charge is 2.13. The number of nitrogens with one attached hydrogen (secondary N) is 1. The molecule has 1 rings (SSSR count). The molecule has 1 aromatic heterocycles. The third-order valence-electron chi connectivity index (χ3n) is 2.96. The number of aliphatic hydroxyl groups is 1. The second-order valence-corrected chi connectivity index (χ2v) is 4.54. The van der Waals surface area contributed by atoms with Gasteiger partial charge in [0.2, 0.25) is 5.91 Å². The number of aliphatic hydroxyl groups excluding tert-OH is 1. The monoisotopic (exact) mass is 239 g/mol. The molecule has 1 amide bonds. The number of carbonyl (C=O) groups excluding carboxylic acids is 1. The number of carbonyl (C=O) groups is 1. The Hall–Kier alpha value is -1.36. The molecule has 0 aliphatic rings. The van der Waals surface area contributed by atoms with E-state index in [-0.39, 0.29) is 18.4 Å². The largest absolute Gasteiger partial charge is 0.396 e. The van der Waals surface area contributed by atoms with Crippen LogP contribution in [0.15, 0.2) is 0 Å². The lowest BCUT2D eigenvalue weighted by molar-refractivity contribution is -0.120. The maximum atomic E-state index is 11.7. The molecule has 0 saturated heterocycles. The summed E-state index contributed by atoms with van der Waals surface area (Å²) >= 11 is 0. The molecule has 1 heterocycles. The van der Waals surface area contributed by atoms with Gasteiger partial charge >= 0.3 is 0 Å². The Morgan fingerprint density at radius 3 is 2.65 bits per heavy atom. The number of amides is 1. The Morgan fingerprint density at radius 2 is 2.18 bits per heavy atom. The minimum absolute atomic E-state index is 0.0236. The molecule has 5 heteroatoms. The van der Waals surface area contributed by atoms with Crippen LogP contribution in [0.2, 0.25) is 0 Å². The van der Waals surface area contributed by atoms with E-state index in [0.29, 0.717) is 13.0 Å². The molecule has 0 aliphatic heterocycles. The summed E-state index contributed by atoms with van der Waals surface area (Å²) < 4.78 is 1.79. The van der Waals surface area contributed by atoms with E-state index in [1.165, 1.54) is 0 Å². The Balaban J connectivity index is 2.56. The Morgan fingerprint density at radius 1 is 1.53 bits per heavy atom. The first-order valence-electron chi connectivity index (χ1n) is 5.82. The minimum Gasteiger partial charge on any atom is -0.396 e. The quantitative estimate of drug-likeness (QED) is 0.778. The normalized spacial score (nSPS) is 12.5. The molecule has 1 atom stereocenters. The van der Waals surface area contributed by atoms with Crippen LogP contribution in [-0.4, -0.2) is 33.9 Å². The maximum absolute atomic E-state index is 11.7. The third-order valence-corrected chi connectivity index (χ3v) is 2.96. The topological polar surface area (TPSA) is 67.2 Å². The van der Waals surface area contributed by atoms with E-state index in [1.54, 1.807) is 4.68 Å². The Kier molecular flexibility index (Phi) is 4.69. The van der Waals surface area contributed by atoms with E-state index in [0.717, 1.165) is 17.0 Å². The van der Waals surface area contributed by atoms with Gasteiger partial charge in [0.25, 0.3) is 0 Å². The molecule has 2 N–H and O–H groups in total. The molecule has 0 saturated carbocycles. The number of nitrogens with zero attached hydrogens (tertiary/aromatic N) is 2. The van der Waals surface area contributed by atoms with Crippen molar-refractivity contribution in [1.82, 2.24) is 15.1 Å². The molecule has 0 radical (unpaired) electrons. The van der Waals surface area contributed by atoms with Crippen molar-refractivity contribution in [3.8, 4) is 0 Å². The third kappa shape index (κ3) is 3.56. The fourth-order valence-electron chi connectivity index (χ4n) is 1.65. The van der Waals surface area contributed by atoms with Crippen molar-refractivity contribution >= 4 is 5.91 Å². The van der Waals surface area contributed by atoms with Gasteiger partial charge in [-0.1, -0.05) is 6.92 Å². The molecule has 17 heavy (non-hydrogen) atoms. The molecule has 96 valence electrons. The molecule has 5 nitrogen and oxygen atoms in total. The van der Waals surface area contributed by atoms with Crippen molar-refractivity contribution < 1.29 is 9.90 Å². The molecule has 0 aliphatic carbocycles. The smallest absolute Gasteiger partial charge is 0.224 e. The zero-order valence-corrected chi connectivity index (χ0v) is 10.9. The van der Waals surface area contributed by atoms with Gasteiger partial charge in [0.15, 0.2) is 0 Å². The maximum Gasteiger partial charge on any atom is 0.224 e. The summed E-state index contributed by atoms with van der Waals surface area (Å²) in [7, 11) is 1.87. The highest BCUT2D eigenvalue weighted by atomic mass is 16.3. The summed E-state index contributed by atoms with van der Waals surface area (Å²) in [6.45, 7) is 6.35. The molecular weight excluding hydrogens is 218 g/mol. The first kappa shape index (κ1) is 13.7. The minimum atomic E-state index is -0.0236.